The maximum absolute atomic E-state index is 13.1. The molecule has 2 atom stereocenters. The predicted octanol–water partition coefficient (Wildman–Crippen LogP) is 3.88. The number of carbonyl (C=O) groups is 1. The fourth-order valence-corrected chi connectivity index (χ4v) is 3.86. The average Bonchev–Trinajstić information content (AvgIpc) is 2.53. The largest absolute Gasteiger partial charge is 0.493 e. The van der Waals surface area contributed by atoms with Gasteiger partial charge in [-0.05, 0) is 55.1 Å². The van der Waals surface area contributed by atoms with Crippen molar-refractivity contribution in [1.29, 1.82) is 0 Å². The third-order valence-corrected chi connectivity index (χ3v) is 5.22. The highest BCUT2D eigenvalue weighted by atomic mass is 79.9. The van der Waals surface area contributed by atoms with E-state index in [1.807, 2.05) is 4.90 Å². The van der Waals surface area contributed by atoms with Gasteiger partial charge >= 0.3 is 0 Å². The molecule has 23 heavy (non-hydrogen) atoms. The molecule has 1 aliphatic heterocycles. The monoisotopic (exact) mass is 385 g/mol. The second kappa shape index (κ2) is 7.43. The van der Waals surface area contributed by atoms with Gasteiger partial charge in [0.15, 0.2) is 11.5 Å². The quantitative estimate of drug-likeness (QED) is 0.788. The van der Waals surface area contributed by atoms with Crippen LogP contribution in [0.1, 0.15) is 43.5 Å². The number of piperidine rings is 1. The van der Waals surface area contributed by atoms with Crippen LogP contribution >= 0.6 is 15.9 Å². The molecule has 0 bridgehead atoms. The standard InChI is InChI=1S/C17H24BrNO4/c1-10-7-6-8-11(2)19(10)17(20)12-9-13(21-3)15(22-4)16(23-5)14(12)18/h9-11H,6-8H2,1-5H3. The van der Waals surface area contributed by atoms with Crippen LogP contribution in [-0.2, 0) is 0 Å². The molecule has 1 saturated heterocycles. The normalized spacial score (nSPS) is 21.0. The summed E-state index contributed by atoms with van der Waals surface area (Å²) in [6.45, 7) is 4.19. The number of ether oxygens (including phenoxy) is 3. The van der Waals surface area contributed by atoms with Crippen molar-refractivity contribution in [2.45, 2.75) is 45.2 Å². The summed E-state index contributed by atoms with van der Waals surface area (Å²) < 4.78 is 16.7. The molecule has 0 radical (unpaired) electrons. The van der Waals surface area contributed by atoms with Crippen LogP contribution in [0.4, 0.5) is 0 Å². The second-order valence-electron chi connectivity index (χ2n) is 5.85. The number of halogens is 1. The van der Waals surface area contributed by atoms with Gasteiger partial charge in [0.1, 0.15) is 0 Å². The number of carbonyl (C=O) groups excluding carboxylic acids is 1. The van der Waals surface area contributed by atoms with Gasteiger partial charge in [0.05, 0.1) is 31.4 Å². The highest BCUT2D eigenvalue weighted by Crippen LogP contribution is 2.45. The Morgan fingerprint density at radius 2 is 1.65 bits per heavy atom. The number of methoxy groups -OCH3 is 3. The lowest BCUT2D eigenvalue weighted by molar-refractivity contribution is 0.0509. The molecule has 0 aromatic heterocycles. The molecule has 128 valence electrons. The van der Waals surface area contributed by atoms with Gasteiger partial charge in [-0.3, -0.25) is 4.79 Å². The fourth-order valence-electron chi connectivity index (χ4n) is 3.24. The first-order valence-corrected chi connectivity index (χ1v) is 8.56. The minimum Gasteiger partial charge on any atom is -0.493 e. The third-order valence-electron chi connectivity index (χ3n) is 4.43. The van der Waals surface area contributed by atoms with Crippen LogP contribution in [0.2, 0.25) is 0 Å². The average molecular weight is 386 g/mol. The Kier molecular flexibility index (Phi) is 5.79. The molecule has 0 N–H and O–H groups in total. The van der Waals surface area contributed by atoms with E-state index in [0.717, 1.165) is 19.3 Å². The molecule has 5 nitrogen and oxygen atoms in total. The molecule has 1 aliphatic rings. The maximum atomic E-state index is 13.1. The first-order valence-electron chi connectivity index (χ1n) is 7.77. The highest BCUT2D eigenvalue weighted by molar-refractivity contribution is 9.10. The summed E-state index contributed by atoms with van der Waals surface area (Å²) in [5, 5.41) is 0. The number of amides is 1. The van der Waals surface area contributed by atoms with Crippen molar-refractivity contribution >= 4 is 21.8 Å². The van der Waals surface area contributed by atoms with E-state index in [1.54, 1.807) is 27.4 Å². The number of benzene rings is 1. The molecule has 6 heteroatoms. The Balaban J connectivity index is 2.52. The van der Waals surface area contributed by atoms with Gasteiger partial charge in [-0.1, -0.05) is 0 Å². The molecule has 1 amide bonds. The van der Waals surface area contributed by atoms with E-state index in [9.17, 15) is 4.79 Å². The predicted molar refractivity (Wildman–Crippen MR) is 92.7 cm³/mol. The van der Waals surface area contributed by atoms with Crippen molar-refractivity contribution in [3.8, 4) is 17.2 Å². The van der Waals surface area contributed by atoms with Crippen LogP contribution in [0.15, 0.2) is 10.5 Å². The Morgan fingerprint density at radius 1 is 1.09 bits per heavy atom. The van der Waals surface area contributed by atoms with Crippen LogP contribution in [0, 0.1) is 0 Å². The van der Waals surface area contributed by atoms with E-state index in [4.69, 9.17) is 14.2 Å². The SMILES string of the molecule is COc1cc(C(=O)N2C(C)CCCC2C)c(Br)c(OC)c1OC. The molecule has 2 unspecified atom stereocenters. The Morgan fingerprint density at radius 3 is 2.13 bits per heavy atom. The van der Waals surface area contributed by atoms with Crippen molar-refractivity contribution in [2.24, 2.45) is 0 Å². The van der Waals surface area contributed by atoms with Gasteiger partial charge in [0.25, 0.3) is 5.91 Å². The fraction of sp³-hybridized carbons (Fsp3) is 0.588. The smallest absolute Gasteiger partial charge is 0.255 e. The number of nitrogens with zero attached hydrogens (tertiary/aromatic N) is 1. The van der Waals surface area contributed by atoms with E-state index in [0.29, 0.717) is 27.3 Å². The first kappa shape index (κ1) is 17.9. The van der Waals surface area contributed by atoms with Crippen LogP contribution < -0.4 is 14.2 Å². The zero-order valence-corrected chi connectivity index (χ0v) is 15.9. The molecule has 0 saturated carbocycles. The Bertz CT molecular complexity index is 580. The van der Waals surface area contributed by atoms with Gasteiger partial charge in [-0.2, -0.15) is 0 Å². The summed E-state index contributed by atoms with van der Waals surface area (Å²) in [7, 11) is 4.64. The summed E-state index contributed by atoms with van der Waals surface area (Å²) >= 11 is 3.50. The lowest BCUT2D eigenvalue weighted by atomic mass is 9.96. The van der Waals surface area contributed by atoms with Gasteiger partial charge in [-0.25, -0.2) is 0 Å². The molecule has 1 heterocycles. The minimum absolute atomic E-state index is 0.0178. The molecular weight excluding hydrogens is 362 g/mol. The molecule has 1 fully saturated rings. The minimum atomic E-state index is -0.0178. The zero-order chi connectivity index (χ0) is 17.1. The number of hydrogen-bond acceptors (Lipinski definition) is 4. The summed E-state index contributed by atoms with van der Waals surface area (Å²) in [6.07, 6.45) is 3.21. The number of hydrogen-bond donors (Lipinski definition) is 0. The second-order valence-corrected chi connectivity index (χ2v) is 6.64. The highest BCUT2D eigenvalue weighted by Gasteiger charge is 2.32. The first-order chi connectivity index (χ1) is 11.0. The molecule has 1 aromatic carbocycles. The number of likely N-dealkylation sites (tertiary alicyclic amines) is 1. The van der Waals surface area contributed by atoms with Crippen molar-refractivity contribution in [3.63, 3.8) is 0 Å². The van der Waals surface area contributed by atoms with E-state index in [-0.39, 0.29) is 18.0 Å². The third kappa shape index (κ3) is 3.27. The topological polar surface area (TPSA) is 48.0 Å². The lowest BCUT2D eigenvalue weighted by Gasteiger charge is -2.39. The Hall–Kier alpha value is -1.43. The van der Waals surface area contributed by atoms with Crippen molar-refractivity contribution < 1.29 is 19.0 Å². The van der Waals surface area contributed by atoms with E-state index in [1.165, 1.54) is 0 Å². The molecular formula is C17H24BrNO4. The van der Waals surface area contributed by atoms with Crippen molar-refractivity contribution in [3.05, 3.63) is 16.1 Å². The lowest BCUT2D eigenvalue weighted by Crippen LogP contribution is -2.47. The summed E-state index contributed by atoms with van der Waals surface area (Å²) in [4.78, 5) is 15.1. The van der Waals surface area contributed by atoms with E-state index in [2.05, 4.69) is 29.8 Å². The van der Waals surface area contributed by atoms with Gasteiger partial charge < -0.3 is 19.1 Å². The van der Waals surface area contributed by atoms with Gasteiger partial charge in [-0.15, -0.1) is 0 Å². The van der Waals surface area contributed by atoms with Crippen molar-refractivity contribution in [1.82, 2.24) is 4.90 Å². The van der Waals surface area contributed by atoms with Crippen LogP contribution in [0.25, 0.3) is 0 Å². The van der Waals surface area contributed by atoms with Crippen molar-refractivity contribution in [2.75, 3.05) is 21.3 Å². The molecule has 0 spiro atoms. The van der Waals surface area contributed by atoms with Crippen LogP contribution in [0.5, 0.6) is 17.2 Å². The van der Waals surface area contributed by atoms with Crippen LogP contribution in [0.3, 0.4) is 0 Å². The molecule has 2 rings (SSSR count). The zero-order valence-electron chi connectivity index (χ0n) is 14.3. The number of rotatable bonds is 4. The summed E-state index contributed by atoms with van der Waals surface area (Å²) in [5.74, 6) is 1.40. The molecule has 0 aliphatic carbocycles. The van der Waals surface area contributed by atoms with Crippen LogP contribution in [-0.4, -0.2) is 44.2 Å². The maximum Gasteiger partial charge on any atom is 0.255 e. The molecule has 1 aromatic rings. The van der Waals surface area contributed by atoms with Gasteiger partial charge in [0, 0.05) is 12.1 Å². The van der Waals surface area contributed by atoms with E-state index < -0.39 is 0 Å². The van der Waals surface area contributed by atoms with E-state index >= 15 is 0 Å². The summed E-state index contributed by atoms with van der Waals surface area (Å²) in [6, 6.07) is 2.15. The summed E-state index contributed by atoms with van der Waals surface area (Å²) in [5.41, 5.74) is 0.528. The van der Waals surface area contributed by atoms with Gasteiger partial charge in [0.2, 0.25) is 5.75 Å². The Labute approximate surface area is 146 Å².